The standard InChI is InChI=1S/C7H6O3.C6H11N3O3S/c8-6-4-2-1-3-5(6)7(9)10;1-7-8-2-5(10)9-4(3-13)6(11)12/h1-4,8H,(H,9,10);4,13H,2-3H2,1H3,(H,9,10)(H,11,12). The first-order valence-electron chi connectivity index (χ1n) is 6.23. The number of para-hydroxylation sites is 1. The number of aromatic carboxylic acids is 1. The lowest BCUT2D eigenvalue weighted by atomic mass is 10.2. The number of benzene rings is 1. The normalized spacial score (nSPS) is 11.2. The lowest BCUT2D eigenvalue weighted by Gasteiger charge is -2.09. The molecule has 9 nitrogen and oxygen atoms in total. The molecule has 0 radical (unpaired) electrons. The predicted octanol–water partition coefficient (Wildman–Crippen LogP) is 0.658. The summed E-state index contributed by atoms with van der Waals surface area (Å²) in [6.45, 7) is -0.159. The van der Waals surface area contributed by atoms with Crippen molar-refractivity contribution in [2.45, 2.75) is 6.04 Å². The fraction of sp³-hybridized carbons (Fsp3) is 0.308. The van der Waals surface area contributed by atoms with Gasteiger partial charge in [0.05, 0.1) is 0 Å². The Morgan fingerprint density at radius 3 is 2.26 bits per heavy atom. The summed E-state index contributed by atoms with van der Waals surface area (Å²) < 4.78 is 0. The van der Waals surface area contributed by atoms with E-state index in [-0.39, 0.29) is 23.6 Å². The second kappa shape index (κ2) is 11.0. The highest BCUT2D eigenvalue weighted by Crippen LogP contribution is 2.14. The molecule has 126 valence electrons. The van der Waals surface area contributed by atoms with Gasteiger partial charge in [-0.25, -0.2) is 9.59 Å². The quantitative estimate of drug-likeness (QED) is 0.378. The van der Waals surface area contributed by atoms with E-state index >= 15 is 0 Å². The minimum atomic E-state index is -1.11. The minimum absolute atomic E-state index is 0.0460. The van der Waals surface area contributed by atoms with Gasteiger partial charge in [0.2, 0.25) is 5.91 Å². The number of hydrogen-bond donors (Lipinski definition) is 5. The number of thiol groups is 1. The molecule has 10 heteroatoms. The van der Waals surface area contributed by atoms with Crippen molar-refractivity contribution in [3.8, 4) is 5.75 Å². The molecule has 1 unspecified atom stereocenters. The van der Waals surface area contributed by atoms with E-state index in [4.69, 9.17) is 15.3 Å². The van der Waals surface area contributed by atoms with Gasteiger partial charge in [0.1, 0.15) is 23.9 Å². The average Bonchev–Trinajstić information content (AvgIpc) is 2.51. The molecule has 4 N–H and O–H groups in total. The van der Waals surface area contributed by atoms with Crippen LogP contribution < -0.4 is 5.32 Å². The third-order valence-corrected chi connectivity index (χ3v) is 2.67. The Labute approximate surface area is 137 Å². The Morgan fingerprint density at radius 1 is 1.26 bits per heavy atom. The van der Waals surface area contributed by atoms with Crippen molar-refractivity contribution in [2.75, 3.05) is 19.3 Å². The van der Waals surface area contributed by atoms with Crippen LogP contribution in [-0.4, -0.2) is 58.6 Å². The van der Waals surface area contributed by atoms with E-state index in [1.807, 2.05) is 0 Å². The molecule has 0 spiro atoms. The van der Waals surface area contributed by atoms with Gasteiger partial charge in [-0.15, -0.1) is 0 Å². The van der Waals surface area contributed by atoms with Gasteiger partial charge in [-0.2, -0.15) is 22.9 Å². The van der Waals surface area contributed by atoms with Crippen LogP contribution in [0.25, 0.3) is 0 Å². The Hall–Kier alpha value is -2.62. The number of carbonyl (C=O) groups is 3. The van der Waals surface area contributed by atoms with Crippen LogP contribution in [0.1, 0.15) is 10.4 Å². The second-order valence-electron chi connectivity index (χ2n) is 3.96. The van der Waals surface area contributed by atoms with E-state index in [9.17, 15) is 14.4 Å². The van der Waals surface area contributed by atoms with Gasteiger partial charge in [-0.3, -0.25) is 4.79 Å². The number of aliphatic carboxylic acids is 1. The van der Waals surface area contributed by atoms with E-state index in [1.54, 1.807) is 12.1 Å². The number of rotatable bonds is 6. The predicted molar refractivity (Wildman–Crippen MR) is 84.1 cm³/mol. The molecule has 23 heavy (non-hydrogen) atoms. The number of amides is 1. The van der Waals surface area contributed by atoms with Crippen LogP contribution in [0.2, 0.25) is 0 Å². The Bertz CT molecular complexity index is 579. The zero-order chi connectivity index (χ0) is 17.8. The van der Waals surface area contributed by atoms with Crippen LogP contribution in [0, 0.1) is 0 Å². The maximum absolute atomic E-state index is 10.9. The Balaban J connectivity index is 0.000000433. The lowest BCUT2D eigenvalue weighted by molar-refractivity contribution is -0.140. The lowest BCUT2D eigenvalue weighted by Crippen LogP contribution is -2.43. The first-order chi connectivity index (χ1) is 10.8. The summed E-state index contributed by atoms with van der Waals surface area (Å²) in [4.78, 5) is 31.6. The molecule has 0 saturated heterocycles. The van der Waals surface area contributed by atoms with Crippen LogP contribution >= 0.6 is 12.6 Å². The molecule has 1 atom stereocenters. The highest BCUT2D eigenvalue weighted by molar-refractivity contribution is 7.80. The van der Waals surface area contributed by atoms with Gasteiger partial charge in [-0.1, -0.05) is 12.1 Å². The summed E-state index contributed by atoms with van der Waals surface area (Å²) in [6.07, 6.45) is 0. The number of carboxylic acids is 2. The van der Waals surface area contributed by atoms with Gasteiger partial charge in [-0.05, 0) is 12.1 Å². The average molecular weight is 343 g/mol. The van der Waals surface area contributed by atoms with Crippen LogP contribution in [-0.2, 0) is 9.59 Å². The smallest absolute Gasteiger partial charge is 0.339 e. The maximum atomic E-state index is 10.9. The summed E-state index contributed by atoms with van der Waals surface area (Å²) in [5.41, 5.74) is -0.0671. The van der Waals surface area contributed by atoms with E-state index in [0.29, 0.717) is 0 Å². The van der Waals surface area contributed by atoms with Crippen molar-refractivity contribution in [1.29, 1.82) is 0 Å². The van der Waals surface area contributed by atoms with Crippen molar-refractivity contribution in [3.63, 3.8) is 0 Å². The van der Waals surface area contributed by atoms with Crippen molar-refractivity contribution in [2.24, 2.45) is 10.2 Å². The van der Waals surface area contributed by atoms with E-state index in [1.165, 1.54) is 19.2 Å². The molecule has 0 aromatic heterocycles. The zero-order valence-corrected chi connectivity index (χ0v) is 13.1. The molecule has 0 aliphatic carbocycles. The molecule has 0 aliphatic rings. The molecule has 0 saturated carbocycles. The van der Waals surface area contributed by atoms with Gasteiger partial charge >= 0.3 is 11.9 Å². The van der Waals surface area contributed by atoms with Crippen molar-refractivity contribution in [3.05, 3.63) is 29.8 Å². The summed E-state index contributed by atoms with van der Waals surface area (Å²) in [5, 5.41) is 34.8. The molecular weight excluding hydrogens is 326 g/mol. The van der Waals surface area contributed by atoms with Gasteiger partial charge in [0.15, 0.2) is 0 Å². The molecule has 0 fully saturated rings. The monoisotopic (exact) mass is 343 g/mol. The topological polar surface area (TPSA) is 149 Å². The molecule has 1 aromatic rings. The molecule has 1 rings (SSSR count). The molecule has 1 aromatic carbocycles. The molecule has 0 aliphatic heterocycles. The van der Waals surface area contributed by atoms with Crippen LogP contribution in [0.15, 0.2) is 34.5 Å². The fourth-order valence-corrected chi connectivity index (χ4v) is 1.46. The van der Waals surface area contributed by atoms with E-state index in [0.717, 1.165) is 0 Å². The first kappa shape index (κ1) is 20.4. The minimum Gasteiger partial charge on any atom is -0.507 e. The van der Waals surface area contributed by atoms with Gasteiger partial charge < -0.3 is 20.6 Å². The number of azo groups is 1. The molecular formula is C13H17N3O6S. The van der Waals surface area contributed by atoms with Gasteiger partial charge in [0, 0.05) is 12.8 Å². The number of carboxylic acid groups (broad SMARTS) is 2. The molecule has 0 bridgehead atoms. The van der Waals surface area contributed by atoms with Crippen LogP contribution in [0.5, 0.6) is 5.75 Å². The van der Waals surface area contributed by atoms with Gasteiger partial charge in [0.25, 0.3) is 0 Å². The Morgan fingerprint density at radius 2 is 1.87 bits per heavy atom. The highest BCUT2D eigenvalue weighted by Gasteiger charge is 2.17. The van der Waals surface area contributed by atoms with Crippen molar-refractivity contribution < 1.29 is 29.7 Å². The maximum Gasteiger partial charge on any atom is 0.339 e. The van der Waals surface area contributed by atoms with E-state index < -0.39 is 23.9 Å². The van der Waals surface area contributed by atoms with Crippen molar-refractivity contribution in [1.82, 2.24) is 5.32 Å². The van der Waals surface area contributed by atoms with Crippen molar-refractivity contribution >= 4 is 30.5 Å². The fourth-order valence-electron chi connectivity index (χ4n) is 1.21. The van der Waals surface area contributed by atoms with Crippen LogP contribution in [0.4, 0.5) is 0 Å². The Kier molecular flexibility index (Phi) is 9.76. The number of nitrogens with one attached hydrogen (secondary N) is 1. The second-order valence-corrected chi connectivity index (χ2v) is 4.33. The third-order valence-electron chi connectivity index (χ3n) is 2.31. The molecule has 0 heterocycles. The number of aromatic hydroxyl groups is 1. The number of nitrogens with zero attached hydrogens (tertiary/aromatic N) is 2. The summed E-state index contributed by atoms with van der Waals surface area (Å²) in [5.74, 6) is -2.86. The summed E-state index contributed by atoms with van der Waals surface area (Å²) in [6, 6.07) is 4.84. The third kappa shape index (κ3) is 8.41. The number of carbonyl (C=O) groups excluding carboxylic acids is 1. The summed E-state index contributed by atoms with van der Waals surface area (Å²) in [7, 11) is 1.43. The number of phenols is 1. The highest BCUT2D eigenvalue weighted by atomic mass is 32.1. The molecule has 1 amide bonds. The first-order valence-corrected chi connectivity index (χ1v) is 6.86. The number of hydrogen-bond acceptors (Lipinski definition) is 7. The van der Waals surface area contributed by atoms with Crippen LogP contribution in [0.3, 0.4) is 0 Å². The zero-order valence-electron chi connectivity index (χ0n) is 12.2. The SMILES string of the molecule is CN=NCC(=O)NC(CS)C(=O)O.O=C(O)c1ccccc1O. The summed E-state index contributed by atoms with van der Waals surface area (Å²) >= 11 is 3.77. The van der Waals surface area contributed by atoms with E-state index in [2.05, 4.69) is 28.2 Å². The largest absolute Gasteiger partial charge is 0.507 e.